The lowest BCUT2D eigenvalue weighted by Gasteiger charge is -2.28. The predicted octanol–water partition coefficient (Wildman–Crippen LogP) is 2.00. The number of carbonyl (C=O) groups is 1. The largest absolute Gasteiger partial charge is 0.391 e. The number of aliphatic hydroxyl groups is 1. The maximum absolute atomic E-state index is 13.0. The molecule has 0 unspecified atom stereocenters. The van der Waals surface area contributed by atoms with Crippen LogP contribution in [0.1, 0.15) is 36.0 Å². The summed E-state index contributed by atoms with van der Waals surface area (Å²) in [5.74, 6) is -2.13. The van der Waals surface area contributed by atoms with Crippen molar-refractivity contribution in [1.82, 2.24) is 5.32 Å². The molecule has 1 aliphatic carbocycles. The fourth-order valence-electron chi connectivity index (χ4n) is 2.22. The molecule has 0 radical (unpaired) electrons. The van der Waals surface area contributed by atoms with Crippen molar-refractivity contribution in [3.8, 4) is 0 Å². The molecule has 1 aliphatic rings. The summed E-state index contributed by atoms with van der Waals surface area (Å²) < 4.78 is 25.9. The zero-order chi connectivity index (χ0) is 13.1. The van der Waals surface area contributed by atoms with Gasteiger partial charge in [-0.25, -0.2) is 8.78 Å². The van der Waals surface area contributed by atoms with Gasteiger partial charge in [0.1, 0.15) is 11.6 Å². The van der Waals surface area contributed by atoms with Gasteiger partial charge in [-0.2, -0.15) is 0 Å². The Labute approximate surface area is 104 Å². The predicted molar refractivity (Wildman–Crippen MR) is 62.1 cm³/mol. The molecule has 1 amide bonds. The Hall–Kier alpha value is -1.49. The molecule has 18 heavy (non-hydrogen) atoms. The van der Waals surface area contributed by atoms with Crippen molar-refractivity contribution in [3.63, 3.8) is 0 Å². The number of halogens is 2. The highest BCUT2D eigenvalue weighted by atomic mass is 19.1. The molecule has 2 N–H and O–H groups in total. The van der Waals surface area contributed by atoms with E-state index >= 15 is 0 Å². The lowest BCUT2D eigenvalue weighted by molar-refractivity contribution is 0.0716. The van der Waals surface area contributed by atoms with Crippen molar-refractivity contribution in [1.29, 1.82) is 0 Å². The van der Waals surface area contributed by atoms with Crippen LogP contribution in [0, 0.1) is 11.6 Å². The van der Waals surface area contributed by atoms with Gasteiger partial charge in [0, 0.05) is 11.6 Å². The Morgan fingerprint density at radius 1 is 1.17 bits per heavy atom. The molecule has 98 valence electrons. The first-order valence-corrected chi connectivity index (χ1v) is 6.01. The van der Waals surface area contributed by atoms with Crippen LogP contribution in [-0.4, -0.2) is 23.2 Å². The fraction of sp³-hybridized carbons (Fsp3) is 0.462. The SMILES string of the molecule is O=C(N[C@H]1CCCC[C@@H]1O)c1cc(F)cc(F)c1. The van der Waals surface area contributed by atoms with E-state index in [9.17, 15) is 18.7 Å². The maximum atomic E-state index is 13.0. The van der Waals surface area contributed by atoms with E-state index in [4.69, 9.17) is 0 Å². The number of aliphatic hydroxyl groups excluding tert-OH is 1. The molecule has 0 spiro atoms. The summed E-state index contributed by atoms with van der Waals surface area (Å²) in [5.41, 5.74) is -0.0646. The van der Waals surface area contributed by atoms with Gasteiger partial charge in [-0.1, -0.05) is 12.8 Å². The summed E-state index contributed by atoms with van der Waals surface area (Å²) in [4.78, 5) is 11.8. The van der Waals surface area contributed by atoms with E-state index in [0.29, 0.717) is 18.9 Å². The van der Waals surface area contributed by atoms with Crippen LogP contribution >= 0.6 is 0 Å². The van der Waals surface area contributed by atoms with Gasteiger partial charge >= 0.3 is 0 Å². The van der Waals surface area contributed by atoms with Gasteiger partial charge in [0.2, 0.25) is 0 Å². The minimum atomic E-state index is -0.788. The van der Waals surface area contributed by atoms with Gasteiger partial charge in [0.05, 0.1) is 12.1 Å². The molecule has 0 heterocycles. The smallest absolute Gasteiger partial charge is 0.251 e. The Kier molecular flexibility index (Phi) is 3.91. The average molecular weight is 255 g/mol. The summed E-state index contributed by atoms with van der Waals surface area (Å²) >= 11 is 0. The van der Waals surface area contributed by atoms with Gasteiger partial charge in [-0.05, 0) is 25.0 Å². The van der Waals surface area contributed by atoms with Crippen molar-refractivity contribution < 1.29 is 18.7 Å². The van der Waals surface area contributed by atoms with Crippen LogP contribution in [0.4, 0.5) is 8.78 Å². The van der Waals surface area contributed by atoms with Crippen LogP contribution in [-0.2, 0) is 0 Å². The molecular formula is C13H15F2NO2. The van der Waals surface area contributed by atoms with Crippen molar-refractivity contribution in [3.05, 3.63) is 35.4 Å². The van der Waals surface area contributed by atoms with E-state index in [1.807, 2.05) is 0 Å². The molecule has 0 aromatic heterocycles. The molecule has 2 rings (SSSR count). The first-order valence-electron chi connectivity index (χ1n) is 6.01. The third kappa shape index (κ3) is 3.04. The van der Waals surface area contributed by atoms with Crippen LogP contribution < -0.4 is 5.32 Å². The molecular weight excluding hydrogens is 240 g/mol. The molecule has 0 saturated heterocycles. The van der Waals surface area contributed by atoms with Crippen LogP contribution in [0.3, 0.4) is 0 Å². The molecule has 1 aromatic rings. The second-order valence-electron chi connectivity index (χ2n) is 4.59. The van der Waals surface area contributed by atoms with Crippen molar-refractivity contribution >= 4 is 5.91 Å². The molecule has 0 bridgehead atoms. The zero-order valence-corrected chi connectivity index (χ0v) is 9.83. The van der Waals surface area contributed by atoms with E-state index in [2.05, 4.69) is 5.32 Å². The van der Waals surface area contributed by atoms with E-state index in [1.54, 1.807) is 0 Å². The highest BCUT2D eigenvalue weighted by Gasteiger charge is 2.25. The molecule has 2 atom stereocenters. The molecule has 1 aromatic carbocycles. The Morgan fingerprint density at radius 3 is 2.39 bits per heavy atom. The van der Waals surface area contributed by atoms with Crippen molar-refractivity contribution in [2.45, 2.75) is 37.8 Å². The summed E-state index contributed by atoms with van der Waals surface area (Å²) in [6.45, 7) is 0. The highest BCUT2D eigenvalue weighted by Crippen LogP contribution is 2.19. The number of rotatable bonds is 2. The second-order valence-corrected chi connectivity index (χ2v) is 4.59. The molecule has 0 aliphatic heterocycles. The average Bonchev–Trinajstić information content (AvgIpc) is 2.31. The Morgan fingerprint density at radius 2 is 1.78 bits per heavy atom. The zero-order valence-electron chi connectivity index (χ0n) is 9.83. The Bertz CT molecular complexity index is 430. The summed E-state index contributed by atoms with van der Waals surface area (Å²) in [5, 5.41) is 12.3. The quantitative estimate of drug-likeness (QED) is 0.849. The third-order valence-corrected chi connectivity index (χ3v) is 3.17. The number of hydrogen-bond donors (Lipinski definition) is 2. The first kappa shape index (κ1) is 13.0. The topological polar surface area (TPSA) is 49.3 Å². The fourth-order valence-corrected chi connectivity index (χ4v) is 2.22. The van der Waals surface area contributed by atoms with Crippen LogP contribution in [0.15, 0.2) is 18.2 Å². The summed E-state index contributed by atoms with van der Waals surface area (Å²) in [7, 11) is 0. The van der Waals surface area contributed by atoms with Crippen molar-refractivity contribution in [2.24, 2.45) is 0 Å². The molecule has 5 heteroatoms. The lowest BCUT2D eigenvalue weighted by atomic mass is 9.92. The van der Waals surface area contributed by atoms with Gasteiger partial charge in [0.25, 0.3) is 5.91 Å². The number of nitrogens with one attached hydrogen (secondary N) is 1. The van der Waals surface area contributed by atoms with Crippen LogP contribution in [0.25, 0.3) is 0 Å². The van der Waals surface area contributed by atoms with E-state index < -0.39 is 23.6 Å². The van der Waals surface area contributed by atoms with Crippen molar-refractivity contribution in [2.75, 3.05) is 0 Å². The highest BCUT2D eigenvalue weighted by molar-refractivity contribution is 5.94. The van der Waals surface area contributed by atoms with Crippen LogP contribution in [0.5, 0.6) is 0 Å². The minimum Gasteiger partial charge on any atom is -0.391 e. The van der Waals surface area contributed by atoms with E-state index in [-0.39, 0.29) is 11.6 Å². The maximum Gasteiger partial charge on any atom is 0.251 e. The van der Waals surface area contributed by atoms with Crippen LogP contribution in [0.2, 0.25) is 0 Å². The minimum absolute atomic E-state index is 0.0646. The van der Waals surface area contributed by atoms with Gasteiger partial charge < -0.3 is 10.4 Å². The summed E-state index contributed by atoms with van der Waals surface area (Å²) in [6.07, 6.45) is 2.61. The first-order chi connectivity index (χ1) is 8.56. The molecule has 1 saturated carbocycles. The van der Waals surface area contributed by atoms with Gasteiger partial charge in [-0.15, -0.1) is 0 Å². The van der Waals surface area contributed by atoms with Gasteiger partial charge in [0.15, 0.2) is 0 Å². The monoisotopic (exact) mass is 255 g/mol. The molecule has 1 fully saturated rings. The third-order valence-electron chi connectivity index (χ3n) is 3.17. The lowest BCUT2D eigenvalue weighted by Crippen LogP contribution is -2.45. The number of carbonyl (C=O) groups excluding carboxylic acids is 1. The number of amides is 1. The number of hydrogen-bond acceptors (Lipinski definition) is 2. The second kappa shape index (κ2) is 5.44. The van der Waals surface area contributed by atoms with Gasteiger partial charge in [-0.3, -0.25) is 4.79 Å². The summed E-state index contributed by atoms with van der Waals surface area (Å²) in [6, 6.07) is 2.34. The van der Waals surface area contributed by atoms with E-state index in [0.717, 1.165) is 25.0 Å². The Balaban J connectivity index is 2.06. The normalized spacial score (nSPS) is 23.7. The standard InChI is InChI=1S/C13H15F2NO2/c14-9-5-8(6-10(15)7-9)13(18)16-11-3-1-2-4-12(11)17/h5-7,11-12,17H,1-4H2,(H,16,18)/t11-,12-/m0/s1. The number of benzene rings is 1. The van der Waals surface area contributed by atoms with E-state index in [1.165, 1.54) is 0 Å². The molecule has 3 nitrogen and oxygen atoms in total.